The Balaban J connectivity index is 2.54. The molecule has 0 unspecified atom stereocenters. The summed E-state index contributed by atoms with van der Waals surface area (Å²) >= 11 is 0. The van der Waals surface area contributed by atoms with Gasteiger partial charge in [0.2, 0.25) is 0 Å². The van der Waals surface area contributed by atoms with E-state index in [4.69, 9.17) is 5.73 Å². The molecule has 3 N–H and O–H groups in total. The third-order valence-electron chi connectivity index (χ3n) is 2.63. The Labute approximate surface area is 80.4 Å². The molecule has 0 radical (unpaired) electrons. The van der Waals surface area contributed by atoms with E-state index < -0.39 is 23.8 Å². The van der Waals surface area contributed by atoms with Crippen molar-refractivity contribution in [2.24, 2.45) is 5.73 Å². The zero-order valence-corrected chi connectivity index (χ0v) is 7.50. The van der Waals surface area contributed by atoms with Crippen molar-refractivity contribution in [1.82, 2.24) is 0 Å². The van der Waals surface area contributed by atoms with Crippen LogP contribution in [0.4, 0.5) is 8.78 Å². The lowest BCUT2D eigenvalue weighted by atomic mass is 9.86. The molecule has 2 atom stereocenters. The van der Waals surface area contributed by atoms with Gasteiger partial charge in [-0.1, -0.05) is 0 Å². The second-order valence-electron chi connectivity index (χ2n) is 3.61. The monoisotopic (exact) mass is 199 g/mol. The molecule has 0 fully saturated rings. The minimum absolute atomic E-state index is 0.158. The van der Waals surface area contributed by atoms with Gasteiger partial charge in [0, 0.05) is 17.7 Å². The maximum atomic E-state index is 13.3. The topological polar surface area (TPSA) is 46.2 Å². The van der Waals surface area contributed by atoms with Gasteiger partial charge in [-0.2, -0.15) is 0 Å². The molecule has 0 saturated carbocycles. The van der Waals surface area contributed by atoms with E-state index in [-0.39, 0.29) is 5.56 Å². The number of aliphatic hydroxyl groups is 1. The van der Waals surface area contributed by atoms with Crippen LogP contribution in [0.15, 0.2) is 12.1 Å². The quantitative estimate of drug-likeness (QED) is 0.661. The molecule has 2 nitrogen and oxygen atoms in total. The number of halogens is 2. The van der Waals surface area contributed by atoms with Crippen molar-refractivity contribution in [3.8, 4) is 0 Å². The molecule has 1 aliphatic rings. The molecule has 14 heavy (non-hydrogen) atoms. The summed E-state index contributed by atoms with van der Waals surface area (Å²) in [5.41, 5.74) is 6.27. The maximum absolute atomic E-state index is 13.3. The fourth-order valence-electron chi connectivity index (χ4n) is 1.87. The average molecular weight is 199 g/mol. The van der Waals surface area contributed by atoms with Crippen LogP contribution in [0.2, 0.25) is 0 Å². The number of nitrogens with two attached hydrogens (primary N) is 1. The van der Waals surface area contributed by atoms with Crippen LogP contribution in [0.1, 0.15) is 23.7 Å². The summed E-state index contributed by atoms with van der Waals surface area (Å²) in [4.78, 5) is 0. The predicted octanol–water partition coefficient (Wildman–Crippen LogP) is 1.27. The van der Waals surface area contributed by atoms with E-state index >= 15 is 0 Å². The summed E-state index contributed by atoms with van der Waals surface area (Å²) in [7, 11) is 0. The molecule has 0 spiro atoms. The van der Waals surface area contributed by atoms with Crippen molar-refractivity contribution >= 4 is 0 Å². The lowest BCUT2D eigenvalue weighted by molar-refractivity contribution is 0.129. The molecule has 0 bridgehead atoms. The Bertz CT molecular complexity index is 367. The van der Waals surface area contributed by atoms with Gasteiger partial charge >= 0.3 is 0 Å². The lowest BCUT2D eigenvalue weighted by Crippen LogP contribution is -2.33. The van der Waals surface area contributed by atoms with Crippen molar-refractivity contribution < 1.29 is 13.9 Å². The predicted molar refractivity (Wildman–Crippen MR) is 47.6 cm³/mol. The summed E-state index contributed by atoms with van der Waals surface area (Å²) in [6.45, 7) is 0. The number of rotatable bonds is 0. The van der Waals surface area contributed by atoms with Crippen LogP contribution in [0.25, 0.3) is 0 Å². The second-order valence-corrected chi connectivity index (χ2v) is 3.61. The van der Waals surface area contributed by atoms with Gasteiger partial charge in [-0.05, 0) is 24.5 Å². The molecule has 1 aromatic carbocycles. The average Bonchev–Trinajstić information content (AvgIpc) is 2.10. The summed E-state index contributed by atoms with van der Waals surface area (Å²) < 4.78 is 26.1. The molecule has 1 aromatic rings. The fraction of sp³-hybridized carbons (Fsp3) is 0.400. The number of aryl methyl sites for hydroxylation is 1. The smallest absolute Gasteiger partial charge is 0.132 e. The van der Waals surface area contributed by atoms with E-state index in [1.807, 2.05) is 0 Å². The number of benzene rings is 1. The molecular weight excluding hydrogens is 188 g/mol. The number of fused-ring (bicyclic) bond motifs is 1. The molecular formula is C10H11F2NO. The molecule has 76 valence electrons. The standard InChI is InChI=1S/C10H11F2NO/c11-6-3-5-1-2-8(13)10(14)9(5)7(12)4-6/h3-4,8,10,14H,1-2,13H2/t8-,10+/m0/s1. The van der Waals surface area contributed by atoms with Gasteiger partial charge in [0.25, 0.3) is 0 Å². The van der Waals surface area contributed by atoms with Crippen molar-refractivity contribution in [2.45, 2.75) is 25.0 Å². The number of hydrogen-bond donors (Lipinski definition) is 2. The molecule has 4 heteroatoms. The SMILES string of the molecule is N[C@H]1CCc2cc(F)cc(F)c2[C@@H]1O. The van der Waals surface area contributed by atoms with Gasteiger partial charge < -0.3 is 10.8 Å². The zero-order chi connectivity index (χ0) is 10.3. The van der Waals surface area contributed by atoms with Gasteiger partial charge in [-0.25, -0.2) is 8.78 Å². The first-order valence-electron chi connectivity index (χ1n) is 4.51. The Hall–Kier alpha value is -1.00. The van der Waals surface area contributed by atoms with Crippen LogP contribution in [-0.2, 0) is 6.42 Å². The van der Waals surface area contributed by atoms with E-state index in [9.17, 15) is 13.9 Å². The van der Waals surface area contributed by atoms with Crippen LogP contribution in [0.3, 0.4) is 0 Å². The minimum atomic E-state index is -1.01. The minimum Gasteiger partial charge on any atom is -0.387 e. The highest BCUT2D eigenvalue weighted by molar-refractivity contribution is 5.34. The Morgan fingerprint density at radius 2 is 2.07 bits per heavy atom. The van der Waals surface area contributed by atoms with E-state index in [2.05, 4.69) is 0 Å². The maximum Gasteiger partial charge on any atom is 0.132 e. The van der Waals surface area contributed by atoms with Crippen LogP contribution in [0, 0.1) is 11.6 Å². The van der Waals surface area contributed by atoms with E-state index in [1.54, 1.807) is 0 Å². The Morgan fingerprint density at radius 1 is 1.36 bits per heavy atom. The largest absolute Gasteiger partial charge is 0.387 e. The summed E-state index contributed by atoms with van der Waals surface area (Å²) in [6.07, 6.45) is 0.0543. The lowest BCUT2D eigenvalue weighted by Gasteiger charge is -2.27. The van der Waals surface area contributed by atoms with Crippen molar-refractivity contribution in [1.29, 1.82) is 0 Å². The Morgan fingerprint density at radius 3 is 2.79 bits per heavy atom. The van der Waals surface area contributed by atoms with Crippen LogP contribution in [0.5, 0.6) is 0 Å². The molecule has 2 rings (SSSR count). The van der Waals surface area contributed by atoms with Gasteiger partial charge in [-0.3, -0.25) is 0 Å². The fourth-order valence-corrected chi connectivity index (χ4v) is 1.87. The number of aliphatic hydroxyl groups excluding tert-OH is 1. The summed E-state index contributed by atoms with van der Waals surface area (Å²) in [5, 5.41) is 9.61. The Kier molecular flexibility index (Phi) is 2.25. The van der Waals surface area contributed by atoms with Crippen LogP contribution < -0.4 is 5.73 Å². The zero-order valence-electron chi connectivity index (χ0n) is 7.50. The third-order valence-corrected chi connectivity index (χ3v) is 2.63. The molecule has 0 aliphatic heterocycles. The first kappa shape index (κ1) is 9.55. The number of hydrogen-bond acceptors (Lipinski definition) is 2. The molecule has 0 aromatic heterocycles. The van der Waals surface area contributed by atoms with E-state index in [1.165, 1.54) is 6.07 Å². The van der Waals surface area contributed by atoms with Gasteiger partial charge in [0.05, 0.1) is 6.10 Å². The molecule has 0 saturated heterocycles. The summed E-state index contributed by atoms with van der Waals surface area (Å²) in [6, 6.07) is 1.58. The van der Waals surface area contributed by atoms with Gasteiger partial charge in [0.15, 0.2) is 0 Å². The molecule has 0 heterocycles. The summed E-state index contributed by atoms with van der Waals surface area (Å²) in [5.74, 6) is -1.31. The van der Waals surface area contributed by atoms with Crippen LogP contribution >= 0.6 is 0 Å². The second kappa shape index (κ2) is 3.29. The normalized spacial score (nSPS) is 26.0. The van der Waals surface area contributed by atoms with Gasteiger partial charge in [0.1, 0.15) is 11.6 Å². The third kappa shape index (κ3) is 1.40. The first-order valence-corrected chi connectivity index (χ1v) is 4.51. The molecule has 0 amide bonds. The highest BCUT2D eigenvalue weighted by atomic mass is 19.1. The first-order chi connectivity index (χ1) is 6.59. The highest BCUT2D eigenvalue weighted by Crippen LogP contribution is 2.31. The van der Waals surface area contributed by atoms with Crippen molar-refractivity contribution in [2.75, 3.05) is 0 Å². The van der Waals surface area contributed by atoms with Crippen LogP contribution in [-0.4, -0.2) is 11.1 Å². The van der Waals surface area contributed by atoms with E-state index in [0.717, 1.165) is 6.07 Å². The van der Waals surface area contributed by atoms with Gasteiger partial charge in [-0.15, -0.1) is 0 Å². The van der Waals surface area contributed by atoms with Crippen molar-refractivity contribution in [3.05, 3.63) is 34.9 Å². The van der Waals surface area contributed by atoms with Crippen molar-refractivity contribution in [3.63, 3.8) is 0 Å². The van der Waals surface area contributed by atoms with E-state index in [0.29, 0.717) is 18.4 Å². The highest BCUT2D eigenvalue weighted by Gasteiger charge is 2.28. The molecule has 1 aliphatic carbocycles.